The quantitative estimate of drug-likeness (QED) is 0.814. The minimum atomic E-state index is -1.02. The average molecular weight is 228 g/mol. The van der Waals surface area contributed by atoms with Crippen molar-refractivity contribution in [1.29, 1.82) is 0 Å². The van der Waals surface area contributed by atoms with Gasteiger partial charge in [-0.2, -0.15) is 4.39 Å². The SMILES string of the molecule is O=C(O)CCc1cc2c(c(F)c1O)OCO2. The predicted molar refractivity (Wildman–Crippen MR) is 50.1 cm³/mol. The fourth-order valence-corrected chi connectivity index (χ4v) is 1.47. The molecule has 1 aliphatic heterocycles. The van der Waals surface area contributed by atoms with Crippen molar-refractivity contribution in [1.82, 2.24) is 0 Å². The maximum atomic E-state index is 13.5. The number of aliphatic carboxylic acids is 1. The Kier molecular flexibility index (Phi) is 2.55. The third-order valence-corrected chi connectivity index (χ3v) is 2.27. The summed E-state index contributed by atoms with van der Waals surface area (Å²) in [5, 5.41) is 18.0. The lowest BCUT2D eigenvalue weighted by Crippen LogP contribution is -1.98. The van der Waals surface area contributed by atoms with Gasteiger partial charge in [0.05, 0.1) is 0 Å². The molecule has 1 aromatic rings. The zero-order valence-corrected chi connectivity index (χ0v) is 8.20. The summed E-state index contributed by atoms with van der Waals surface area (Å²) in [4.78, 5) is 10.4. The fourth-order valence-electron chi connectivity index (χ4n) is 1.47. The van der Waals surface area contributed by atoms with Crippen molar-refractivity contribution in [3.05, 3.63) is 17.4 Å². The number of fused-ring (bicyclic) bond motifs is 1. The van der Waals surface area contributed by atoms with Crippen LogP contribution >= 0.6 is 0 Å². The van der Waals surface area contributed by atoms with Gasteiger partial charge in [-0.3, -0.25) is 4.79 Å². The van der Waals surface area contributed by atoms with Gasteiger partial charge in [0.25, 0.3) is 0 Å². The Hall–Kier alpha value is -1.98. The highest BCUT2D eigenvalue weighted by Crippen LogP contribution is 2.41. The van der Waals surface area contributed by atoms with Crippen LogP contribution < -0.4 is 9.47 Å². The fraction of sp³-hybridized carbons (Fsp3) is 0.300. The summed E-state index contributed by atoms with van der Waals surface area (Å²) >= 11 is 0. The summed E-state index contributed by atoms with van der Waals surface area (Å²) in [5.41, 5.74) is 0.198. The van der Waals surface area contributed by atoms with Gasteiger partial charge in [-0.1, -0.05) is 0 Å². The number of phenolic OH excluding ortho intramolecular Hbond substituents is 1. The smallest absolute Gasteiger partial charge is 0.303 e. The Bertz CT molecular complexity index is 443. The Morgan fingerprint density at radius 3 is 2.94 bits per heavy atom. The number of aromatic hydroxyl groups is 1. The highest BCUT2D eigenvalue weighted by Gasteiger charge is 2.24. The monoisotopic (exact) mass is 228 g/mol. The van der Waals surface area contributed by atoms with Crippen LogP contribution in [-0.2, 0) is 11.2 Å². The molecule has 16 heavy (non-hydrogen) atoms. The molecule has 0 aromatic heterocycles. The predicted octanol–water partition coefficient (Wildman–Crippen LogP) is 1.28. The maximum Gasteiger partial charge on any atom is 0.303 e. The number of hydrogen-bond donors (Lipinski definition) is 2. The number of ether oxygens (including phenoxy) is 2. The highest BCUT2D eigenvalue weighted by atomic mass is 19.1. The van der Waals surface area contributed by atoms with Crippen molar-refractivity contribution in [3.63, 3.8) is 0 Å². The molecule has 0 bridgehead atoms. The van der Waals surface area contributed by atoms with Gasteiger partial charge >= 0.3 is 5.97 Å². The molecule has 0 atom stereocenters. The van der Waals surface area contributed by atoms with E-state index in [0.29, 0.717) is 0 Å². The van der Waals surface area contributed by atoms with Crippen LogP contribution in [0.3, 0.4) is 0 Å². The standard InChI is InChI=1S/C10H9FO5/c11-8-9(14)5(1-2-7(12)13)3-6-10(8)16-4-15-6/h3,14H,1-2,4H2,(H,12,13). The average Bonchev–Trinajstić information content (AvgIpc) is 2.69. The van der Waals surface area contributed by atoms with E-state index in [4.69, 9.17) is 14.6 Å². The number of benzene rings is 1. The first-order valence-electron chi connectivity index (χ1n) is 4.61. The van der Waals surface area contributed by atoms with E-state index in [1.165, 1.54) is 6.07 Å². The molecule has 0 unspecified atom stereocenters. The summed E-state index contributed by atoms with van der Waals surface area (Å²) in [5.74, 6) is -2.44. The van der Waals surface area contributed by atoms with Crippen molar-refractivity contribution in [3.8, 4) is 17.2 Å². The molecule has 0 amide bonds. The van der Waals surface area contributed by atoms with Gasteiger partial charge in [-0.15, -0.1) is 0 Å². The van der Waals surface area contributed by atoms with Gasteiger partial charge in [-0.25, -0.2) is 0 Å². The topological polar surface area (TPSA) is 76.0 Å². The molecule has 0 spiro atoms. The minimum Gasteiger partial charge on any atom is -0.505 e. The number of carbonyl (C=O) groups is 1. The summed E-state index contributed by atoms with van der Waals surface area (Å²) in [7, 11) is 0. The molecule has 6 heteroatoms. The third kappa shape index (κ3) is 1.73. The van der Waals surface area contributed by atoms with Crippen LogP contribution in [0.25, 0.3) is 0 Å². The Morgan fingerprint density at radius 1 is 1.50 bits per heavy atom. The molecule has 2 N–H and O–H groups in total. The van der Waals surface area contributed by atoms with Gasteiger partial charge in [0.15, 0.2) is 11.5 Å². The molecule has 86 valence electrons. The van der Waals surface area contributed by atoms with E-state index in [0.717, 1.165) is 0 Å². The number of rotatable bonds is 3. The third-order valence-electron chi connectivity index (χ3n) is 2.27. The van der Waals surface area contributed by atoms with Gasteiger partial charge in [0, 0.05) is 12.0 Å². The second kappa shape index (κ2) is 3.88. The van der Waals surface area contributed by atoms with Crippen LogP contribution in [0.1, 0.15) is 12.0 Å². The largest absolute Gasteiger partial charge is 0.505 e. The molecule has 1 heterocycles. The van der Waals surface area contributed by atoms with Gasteiger partial charge in [0.2, 0.25) is 18.4 Å². The number of phenols is 1. The van der Waals surface area contributed by atoms with E-state index in [1.807, 2.05) is 0 Å². The van der Waals surface area contributed by atoms with Crippen molar-refractivity contribution in [2.75, 3.05) is 6.79 Å². The van der Waals surface area contributed by atoms with E-state index in [2.05, 4.69) is 0 Å². The van der Waals surface area contributed by atoms with E-state index in [9.17, 15) is 14.3 Å². The van der Waals surface area contributed by atoms with Gasteiger partial charge in [-0.05, 0) is 12.5 Å². The van der Waals surface area contributed by atoms with Gasteiger partial charge < -0.3 is 19.7 Å². The normalized spacial score (nSPS) is 12.8. The van der Waals surface area contributed by atoms with Crippen LogP contribution in [0.2, 0.25) is 0 Å². The van der Waals surface area contributed by atoms with E-state index >= 15 is 0 Å². The lowest BCUT2D eigenvalue weighted by atomic mass is 10.1. The minimum absolute atomic E-state index is 0.0364. The van der Waals surface area contributed by atoms with E-state index < -0.39 is 17.5 Å². The Labute approximate surface area is 90.0 Å². The highest BCUT2D eigenvalue weighted by molar-refractivity contribution is 5.67. The second-order valence-electron chi connectivity index (χ2n) is 3.33. The van der Waals surface area contributed by atoms with Crippen LogP contribution in [0.5, 0.6) is 17.2 Å². The Morgan fingerprint density at radius 2 is 2.25 bits per heavy atom. The second-order valence-corrected chi connectivity index (χ2v) is 3.33. The Balaban J connectivity index is 2.32. The molecule has 5 nitrogen and oxygen atoms in total. The van der Waals surface area contributed by atoms with Crippen molar-refractivity contribution in [2.45, 2.75) is 12.8 Å². The van der Waals surface area contributed by atoms with Crippen molar-refractivity contribution < 1.29 is 28.9 Å². The lowest BCUT2D eigenvalue weighted by molar-refractivity contribution is -0.136. The van der Waals surface area contributed by atoms with Crippen molar-refractivity contribution in [2.24, 2.45) is 0 Å². The maximum absolute atomic E-state index is 13.5. The molecular weight excluding hydrogens is 219 g/mol. The molecule has 2 rings (SSSR count). The molecule has 0 saturated heterocycles. The number of halogens is 1. The number of aryl methyl sites for hydroxylation is 1. The van der Waals surface area contributed by atoms with Crippen LogP contribution in [-0.4, -0.2) is 23.0 Å². The van der Waals surface area contributed by atoms with Crippen LogP contribution in [0.15, 0.2) is 6.07 Å². The van der Waals surface area contributed by atoms with Crippen LogP contribution in [0.4, 0.5) is 4.39 Å². The van der Waals surface area contributed by atoms with Crippen molar-refractivity contribution >= 4 is 5.97 Å². The van der Waals surface area contributed by atoms with Gasteiger partial charge in [0.1, 0.15) is 0 Å². The summed E-state index contributed by atoms with van der Waals surface area (Å²) in [6.45, 7) is -0.103. The first-order valence-corrected chi connectivity index (χ1v) is 4.61. The first-order chi connectivity index (χ1) is 7.59. The molecule has 0 fully saturated rings. The molecule has 0 radical (unpaired) electrons. The summed E-state index contributed by atoms with van der Waals surface area (Å²) in [6.07, 6.45) is -0.151. The first kappa shape index (κ1) is 10.5. The zero-order valence-electron chi connectivity index (χ0n) is 8.20. The lowest BCUT2D eigenvalue weighted by Gasteiger charge is -2.06. The number of carboxylic acid groups (broad SMARTS) is 1. The summed E-state index contributed by atoms with van der Waals surface area (Å²) in [6, 6.07) is 1.39. The molecular formula is C10H9FO5. The molecule has 0 aliphatic carbocycles. The van der Waals surface area contributed by atoms with E-state index in [-0.39, 0.29) is 36.7 Å². The van der Waals surface area contributed by atoms with E-state index in [1.54, 1.807) is 0 Å². The number of carboxylic acids is 1. The summed E-state index contributed by atoms with van der Waals surface area (Å²) < 4.78 is 23.3. The van der Waals surface area contributed by atoms with Crippen LogP contribution in [0, 0.1) is 5.82 Å². The zero-order chi connectivity index (χ0) is 11.7. The number of hydrogen-bond acceptors (Lipinski definition) is 4. The molecule has 1 aliphatic rings. The molecule has 1 aromatic carbocycles. The molecule has 0 saturated carbocycles.